The van der Waals surface area contributed by atoms with Crippen molar-refractivity contribution in [1.82, 2.24) is 4.98 Å². The average Bonchev–Trinajstić information content (AvgIpc) is 2.88. The van der Waals surface area contributed by atoms with Gasteiger partial charge in [0.2, 0.25) is 0 Å². The highest BCUT2D eigenvalue weighted by atomic mass is 79.9. The number of nitrogens with one attached hydrogen (secondary N) is 1. The summed E-state index contributed by atoms with van der Waals surface area (Å²) in [5.41, 5.74) is 3.00. The number of rotatable bonds is 3. The van der Waals surface area contributed by atoms with Gasteiger partial charge >= 0.3 is 0 Å². The molecular formula is C15H11Br2ClN2S. The van der Waals surface area contributed by atoms with Gasteiger partial charge in [-0.05, 0) is 30.3 Å². The standard InChI is InChI=1S/C15H10BrClN2S.BrH/c16-11-6-4-10(5-7-11)14-9-20-15(19-14)18-13-3-1-2-12(17)8-13;/h1-9H,(H,18,19);1H. The molecule has 108 valence electrons. The average molecular weight is 447 g/mol. The van der Waals surface area contributed by atoms with Crippen LogP contribution in [0.5, 0.6) is 0 Å². The fourth-order valence-electron chi connectivity index (χ4n) is 1.77. The molecule has 0 aliphatic heterocycles. The fraction of sp³-hybridized carbons (Fsp3) is 0. The largest absolute Gasteiger partial charge is 0.331 e. The number of hydrogen-bond donors (Lipinski definition) is 1. The van der Waals surface area contributed by atoms with Gasteiger partial charge in [-0.25, -0.2) is 4.98 Å². The van der Waals surface area contributed by atoms with Gasteiger partial charge in [-0.3, -0.25) is 0 Å². The molecule has 3 rings (SSSR count). The van der Waals surface area contributed by atoms with Crippen LogP contribution in [-0.2, 0) is 0 Å². The molecule has 0 radical (unpaired) electrons. The lowest BCUT2D eigenvalue weighted by Crippen LogP contribution is -1.89. The topological polar surface area (TPSA) is 24.9 Å². The van der Waals surface area contributed by atoms with E-state index in [9.17, 15) is 0 Å². The molecule has 1 heterocycles. The molecule has 2 aromatic carbocycles. The quantitative estimate of drug-likeness (QED) is 0.494. The highest BCUT2D eigenvalue weighted by molar-refractivity contribution is 9.10. The molecule has 2 nitrogen and oxygen atoms in total. The molecule has 1 N–H and O–H groups in total. The summed E-state index contributed by atoms with van der Waals surface area (Å²) in [5.74, 6) is 0. The predicted octanol–water partition coefficient (Wildman–Crippen LogP) is 6.55. The molecule has 1 aromatic heterocycles. The Morgan fingerprint density at radius 3 is 2.57 bits per heavy atom. The molecule has 0 spiro atoms. The molecule has 0 bridgehead atoms. The SMILES string of the molecule is Br.Clc1cccc(Nc2nc(-c3ccc(Br)cc3)cs2)c1. The van der Waals surface area contributed by atoms with Crippen LogP contribution in [0.4, 0.5) is 10.8 Å². The normalized spacial score (nSPS) is 10.0. The first-order valence-corrected chi connectivity index (χ1v) is 8.00. The van der Waals surface area contributed by atoms with Gasteiger partial charge in [-0.15, -0.1) is 28.3 Å². The van der Waals surface area contributed by atoms with Gasteiger partial charge in [0.05, 0.1) is 5.69 Å². The number of thiazole rings is 1. The Morgan fingerprint density at radius 1 is 1.10 bits per heavy atom. The Kier molecular flexibility index (Phi) is 5.81. The maximum absolute atomic E-state index is 5.97. The van der Waals surface area contributed by atoms with Crippen molar-refractivity contribution in [2.24, 2.45) is 0 Å². The van der Waals surface area contributed by atoms with Gasteiger partial charge in [0.15, 0.2) is 5.13 Å². The van der Waals surface area contributed by atoms with Crippen molar-refractivity contribution < 1.29 is 0 Å². The molecule has 0 unspecified atom stereocenters. The number of nitrogens with zero attached hydrogens (tertiary/aromatic N) is 1. The molecule has 21 heavy (non-hydrogen) atoms. The van der Waals surface area contributed by atoms with Crippen LogP contribution in [-0.4, -0.2) is 4.98 Å². The highest BCUT2D eigenvalue weighted by Crippen LogP contribution is 2.28. The molecule has 0 amide bonds. The van der Waals surface area contributed by atoms with Crippen LogP contribution in [0.15, 0.2) is 58.4 Å². The smallest absolute Gasteiger partial charge is 0.187 e. The minimum Gasteiger partial charge on any atom is -0.331 e. The number of aromatic nitrogens is 1. The summed E-state index contributed by atoms with van der Waals surface area (Å²) < 4.78 is 1.06. The van der Waals surface area contributed by atoms with E-state index in [1.807, 2.05) is 53.9 Å². The molecule has 6 heteroatoms. The molecule has 0 aliphatic carbocycles. The van der Waals surface area contributed by atoms with Crippen LogP contribution in [0.25, 0.3) is 11.3 Å². The summed E-state index contributed by atoms with van der Waals surface area (Å²) in [6.45, 7) is 0. The van der Waals surface area contributed by atoms with Gasteiger partial charge in [0, 0.05) is 26.1 Å². The Morgan fingerprint density at radius 2 is 1.86 bits per heavy atom. The van der Waals surface area contributed by atoms with Gasteiger partial charge < -0.3 is 5.32 Å². The molecule has 0 saturated carbocycles. The van der Waals surface area contributed by atoms with E-state index in [1.54, 1.807) is 11.3 Å². The van der Waals surface area contributed by atoms with E-state index in [-0.39, 0.29) is 17.0 Å². The highest BCUT2D eigenvalue weighted by Gasteiger charge is 2.05. The summed E-state index contributed by atoms with van der Waals surface area (Å²) in [4.78, 5) is 4.58. The Hall–Kier alpha value is -0.880. The van der Waals surface area contributed by atoms with Crippen molar-refractivity contribution in [3.8, 4) is 11.3 Å². The van der Waals surface area contributed by atoms with Gasteiger partial charge in [0.1, 0.15) is 0 Å². The molecule has 0 aliphatic rings. The van der Waals surface area contributed by atoms with Crippen molar-refractivity contribution in [3.05, 3.63) is 63.4 Å². The van der Waals surface area contributed by atoms with Crippen LogP contribution in [0.2, 0.25) is 5.02 Å². The second-order valence-corrected chi connectivity index (χ2v) is 6.39. The summed E-state index contributed by atoms with van der Waals surface area (Å²) in [6, 6.07) is 15.7. The van der Waals surface area contributed by atoms with E-state index in [0.29, 0.717) is 5.02 Å². The first-order valence-electron chi connectivity index (χ1n) is 5.95. The fourth-order valence-corrected chi connectivity index (χ4v) is 2.97. The number of benzene rings is 2. The molecule has 0 atom stereocenters. The van der Waals surface area contributed by atoms with Crippen LogP contribution in [0.3, 0.4) is 0 Å². The van der Waals surface area contributed by atoms with E-state index < -0.39 is 0 Å². The monoisotopic (exact) mass is 444 g/mol. The maximum atomic E-state index is 5.97. The van der Waals surface area contributed by atoms with E-state index in [0.717, 1.165) is 26.5 Å². The predicted molar refractivity (Wildman–Crippen MR) is 100 cm³/mol. The Labute approximate surface area is 151 Å². The third kappa shape index (κ3) is 4.30. The van der Waals surface area contributed by atoms with Crippen LogP contribution >= 0.6 is 55.8 Å². The van der Waals surface area contributed by atoms with Crippen molar-refractivity contribution in [1.29, 1.82) is 0 Å². The lowest BCUT2D eigenvalue weighted by molar-refractivity contribution is 1.38. The van der Waals surface area contributed by atoms with E-state index >= 15 is 0 Å². The summed E-state index contributed by atoms with van der Waals surface area (Å²) in [5, 5.41) is 6.86. The van der Waals surface area contributed by atoms with Crippen molar-refractivity contribution in [3.63, 3.8) is 0 Å². The Bertz CT molecular complexity index is 729. The zero-order valence-corrected chi connectivity index (χ0v) is 15.6. The summed E-state index contributed by atoms with van der Waals surface area (Å²) >= 11 is 11.0. The van der Waals surface area contributed by atoms with E-state index in [2.05, 4.69) is 26.2 Å². The zero-order chi connectivity index (χ0) is 13.9. The van der Waals surface area contributed by atoms with Crippen LogP contribution in [0.1, 0.15) is 0 Å². The van der Waals surface area contributed by atoms with E-state index in [4.69, 9.17) is 11.6 Å². The van der Waals surface area contributed by atoms with Crippen LogP contribution in [0, 0.1) is 0 Å². The third-order valence-electron chi connectivity index (χ3n) is 2.72. The molecular weight excluding hydrogens is 436 g/mol. The minimum absolute atomic E-state index is 0. The molecule has 0 saturated heterocycles. The van der Waals surface area contributed by atoms with Gasteiger partial charge in [-0.1, -0.05) is 45.7 Å². The summed E-state index contributed by atoms with van der Waals surface area (Å²) in [6.07, 6.45) is 0. The van der Waals surface area contributed by atoms with Crippen molar-refractivity contribution >= 4 is 66.7 Å². The number of hydrogen-bond acceptors (Lipinski definition) is 3. The van der Waals surface area contributed by atoms with Crippen LogP contribution < -0.4 is 5.32 Å². The second kappa shape index (κ2) is 7.40. The molecule has 3 aromatic rings. The van der Waals surface area contributed by atoms with Crippen molar-refractivity contribution in [2.45, 2.75) is 0 Å². The number of halogens is 3. The summed E-state index contributed by atoms with van der Waals surface area (Å²) in [7, 11) is 0. The van der Waals surface area contributed by atoms with Gasteiger partial charge in [0.25, 0.3) is 0 Å². The first-order chi connectivity index (χ1) is 9.70. The second-order valence-electron chi connectivity index (χ2n) is 4.18. The molecule has 0 fully saturated rings. The third-order valence-corrected chi connectivity index (χ3v) is 4.24. The minimum atomic E-state index is 0. The lowest BCUT2D eigenvalue weighted by atomic mass is 10.2. The Balaban J connectivity index is 0.00000161. The van der Waals surface area contributed by atoms with E-state index in [1.165, 1.54) is 0 Å². The van der Waals surface area contributed by atoms with Gasteiger partial charge in [-0.2, -0.15) is 0 Å². The number of anilines is 2. The van der Waals surface area contributed by atoms with Crippen molar-refractivity contribution in [2.75, 3.05) is 5.32 Å². The first kappa shape index (κ1) is 16.5. The maximum Gasteiger partial charge on any atom is 0.187 e. The lowest BCUT2D eigenvalue weighted by Gasteiger charge is -2.02. The zero-order valence-electron chi connectivity index (χ0n) is 10.7.